The maximum atomic E-state index is 5.54. The summed E-state index contributed by atoms with van der Waals surface area (Å²) in [6.45, 7) is 7.00. The first-order valence-corrected chi connectivity index (χ1v) is 4.99. The zero-order valence-corrected chi connectivity index (χ0v) is 9.33. The van der Waals surface area contributed by atoms with Crippen LogP contribution in [0.4, 0.5) is 0 Å². The number of hydrogen-bond donors (Lipinski definition) is 0. The topological polar surface area (TPSA) is 18.5 Å². The van der Waals surface area contributed by atoms with Gasteiger partial charge in [0.2, 0.25) is 0 Å². The molecule has 0 amide bonds. The van der Waals surface area contributed by atoms with Gasteiger partial charge < -0.3 is 9.47 Å². The molecule has 0 aromatic heterocycles. The molecule has 0 fully saturated rings. The smallest absolute Gasteiger partial charge is 0.122 e. The van der Waals surface area contributed by atoms with Crippen molar-refractivity contribution in [3.05, 3.63) is 23.8 Å². The number of rotatable bonds is 4. The van der Waals surface area contributed by atoms with Crippen LogP contribution in [0, 0.1) is 0 Å². The lowest BCUT2D eigenvalue weighted by molar-refractivity contribution is 0.333. The van der Waals surface area contributed by atoms with Crippen molar-refractivity contribution in [1.82, 2.24) is 0 Å². The van der Waals surface area contributed by atoms with Crippen LogP contribution in [0.3, 0.4) is 0 Å². The van der Waals surface area contributed by atoms with Crippen molar-refractivity contribution < 1.29 is 9.47 Å². The Morgan fingerprint density at radius 2 is 2.00 bits per heavy atom. The molecule has 0 aliphatic carbocycles. The fourth-order valence-corrected chi connectivity index (χ4v) is 1.39. The Balaban J connectivity index is 3.03. The van der Waals surface area contributed by atoms with Gasteiger partial charge in [0.1, 0.15) is 11.5 Å². The Kier molecular flexibility index (Phi) is 3.81. The van der Waals surface area contributed by atoms with E-state index < -0.39 is 0 Å². The van der Waals surface area contributed by atoms with Crippen molar-refractivity contribution in [1.29, 1.82) is 0 Å². The first kappa shape index (κ1) is 10.9. The second-order valence-corrected chi connectivity index (χ2v) is 3.49. The van der Waals surface area contributed by atoms with Crippen LogP contribution in [-0.2, 0) is 0 Å². The van der Waals surface area contributed by atoms with Crippen molar-refractivity contribution in [3.63, 3.8) is 0 Å². The van der Waals surface area contributed by atoms with Crippen molar-refractivity contribution in [3.8, 4) is 11.5 Å². The standard InChI is InChI=1S/C12H18O2/c1-5-14-12-7-6-10(13-4)8-11(12)9(2)3/h6-9H,5H2,1-4H3. The van der Waals surface area contributed by atoms with Gasteiger partial charge in [0, 0.05) is 5.56 Å². The highest BCUT2D eigenvalue weighted by atomic mass is 16.5. The summed E-state index contributed by atoms with van der Waals surface area (Å²) in [5.74, 6) is 2.30. The molecule has 0 heterocycles. The van der Waals surface area contributed by atoms with E-state index in [0.29, 0.717) is 12.5 Å². The Morgan fingerprint density at radius 3 is 2.50 bits per heavy atom. The first-order chi connectivity index (χ1) is 6.69. The predicted octanol–water partition coefficient (Wildman–Crippen LogP) is 3.22. The molecule has 0 saturated heterocycles. The fraction of sp³-hybridized carbons (Fsp3) is 0.500. The maximum Gasteiger partial charge on any atom is 0.122 e. The molecule has 0 spiro atoms. The van der Waals surface area contributed by atoms with Gasteiger partial charge in [-0.05, 0) is 31.0 Å². The zero-order chi connectivity index (χ0) is 10.6. The van der Waals surface area contributed by atoms with E-state index >= 15 is 0 Å². The third-order valence-electron chi connectivity index (χ3n) is 2.14. The van der Waals surface area contributed by atoms with Gasteiger partial charge in [-0.1, -0.05) is 13.8 Å². The van der Waals surface area contributed by atoms with Crippen LogP contribution < -0.4 is 9.47 Å². The number of ether oxygens (including phenoxy) is 2. The average Bonchev–Trinajstić information content (AvgIpc) is 2.18. The Bertz CT molecular complexity index is 292. The SMILES string of the molecule is CCOc1ccc(OC)cc1C(C)C. The Morgan fingerprint density at radius 1 is 1.29 bits per heavy atom. The molecule has 1 aromatic rings. The summed E-state index contributed by atoms with van der Waals surface area (Å²) in [5, 5.41) is 0. The molecule has 0 aliphatic rings. The molecular weight excluding hydrogens is 176 g/mol. The third-order valence-corrected chi connectivity index (χ3v) is 2.14. The zero-order valence-electron chi connectivity index (χ0n) is 9.33. The molecule has 0 bridgehead atoms. The average molecular weight is 194 g/mol. The molecule has 1 rings (SSSR count). The molecule has 1 aromatic carbocycles. The monoisotopic (exact) mass is 194 g/mol. The third kappa shape index (κ3) is 2.41. The van der Waals surface area contributed by atoms with Crippen molar-refractivity contribution in [2.75, 3.05) is 13.7 Å². The summed E-state index contributed by atoms with van der Waals surface area (Å²) in [6.07, 6.45) is 0. The van der Waals surface area contributed by atoms with Crippen molar-refractivity contribution >= 4 is 0 Å². The number of hydrogen-bond acceptors (Lipinski definition) is 2. The lowest BCUT2D eigenvalue weighted by atomic mass is 10.0. The molecule has 14 heavy (non-hydrogen) atoms. The van der Waals surface area contributed by atoms with Gasteiger partial charge in [-0.25, -0.2) is 0 Å². The molecule has 0 N–H and O–H groups in total. The highest BCUT2D eigenvalue weighted by molar-refractivity contribution is 5.42. The van der Waals surface area contributed by atoms with E-state index in [1.54, 1.807) is 7.11 Å². The van der Waals surface area contributed by atoms with Crippen LogP contribution in [0.1, 0.15) is 32.3 Å². The normalized spacial score (nSPS) is 10.4. The lowest BCUT2D eigenvalue weighted by Crippen LogP contribution is -1.98. The molecule has 0 aliphatic heterocycles. The van der Waals surface area contributed by atoms with Gasteiger partial charge >= 0.3 is 0 Å². The highest BCUT2D eigenvalue weighted by Crippen LogP contribution is 2.30. The van der Waals surface area contributed by atoms with Gasteiger partial charge in [-0.2, -0.15) is 0 Å². The predicted molar refractivity (Wildman–Crippen MR) is 58.3 cm³/mol. The summed E-state index contributed by atoms with van der Waals surface area (Å²) in [4.78, 5) is 0. The van der Waals surface area contributed by atoms with Crippen molar-refractivity contribution in [2.24, 2.45) is 0 Å². The number of benzene rings is 1. The molecular formula is C12H18O2. The van der Waals surface area contributed by atoms with E-state index in [9.17, 15) is 0 Å². The summed E-state index contributed by atoms with van der Waals surface area (Å²) >= 11 is 0. The summed E-state index contributed by atoms with van der Waals surface area (Å²) < 4.78 is 10.7. The van der Waals surface area contributed by atoms with Gasteiger partial charge in [0.25, 0.3) is 0 Å². The largest absolute Gasteiger partial charge is 0.497 e. The Hall–Kier alpha value is -1.18. The molecule has 2 heteroatoms. The summed E-state index contributed by atoms with van der Waals surface area (Å²) in [7, 11) is 1.68. The Labute approximate surface area is 85.8 Å². The second-order valence-electron chi connectivity index (χ2n) is 3.49. The van der Waals surface area contributed by atoms with E-state index in [2.05, 4.69) is 13.8 Å². The van der Waals surface area contributed by atoms with Gasteiger partial charge in [0.05, 0.1) is 13.7 Å². The van der Waals surface area contributed by atoms with Crippen LogP contribution in [0.2, 0.25) is 0 Å². The quantitative estimate of drug-likeness (QED) is 0.732. The second kappa shape index (κ2) is 4.89. The maximum absolute atomic E-state index is 5.54. The first-order valence-electron chi connectivity index (χ1n) is 4.99. The highest BCUT2D eigenvalue weighted by Gasteiger charge is 2.08. The van der Waals surface area contributed by atoms with Crippen LogP contribution in [-0.4, -0.2) is 13.7 Å². The summed E-state index contributed by atoms with van der Waals surface area (Å²) in [5.41, 5.74) is 1.20. The molecule has 0 saturated carbocycles. The van der Waals surface area contributed by atoms with Gasteiger partial charge in [-0.15, -0.1) is 0 Å². The minimum absolute atomic E-state index is 0.451. The van der Waals surface area contributed by atoms with E-state index in [1.807, 2.05) is 25.1 Å². The molecule has 2 nitrogen and oxygen atoms in total. The van der Waals surface area contributed by atoms with E-state index in [-0.39, 0.29) is 0 Å². The van der Waals surface area contributed by atoms with Crippen LogP contribution in [0.15, 0.2) is 18.2 Å². The minimum Gasteiger partial charge on any atom is -0.497 e. The molecule has 78 valence electrons. The van der Waals surface area contributed by atoms with E-state index in [0.717, 1.165) is 11.5 Å². The van der Waals surface area contributed by atoms with Crippen LogP contribution in [0.25, 0.3) is 0 Å². The molecule has 0 atom stereocenters. The van der Waals surface area contributed by atoms with Gasteiger partial charge in [0.15, 0.2) is 0 Å². The summed E-state index contributed by atoms with van der Waals surface area (Å²) in [6, 6.07) is 5.93. The molecule has 0 radical (unpaired) electrons. The van der Waals surface area contributed by atoms with E-state index in [4.69, 9.17) is 9.47 Å². The minimum atomic E-state index is 0.451. The lowest BCUT2D eigenvalue weighted by Gasteiger charge is -2.14. The molecule has 0 unspecified atom stereocenters. The van der Waals surface area contributed by atoms with Crippen LogP contribution >= 0.6 is 0 Å². The van der Waals surface area contributed by atoms with Crippen LogP contribution in [0.5, 0.6) is 11.5 Å². The van der Waals surface area contributed by atoms with Crippen molar-refractivity contribution in [2.45, 2.75) is 26.7 Å². The number of methoxy groups -OCH3 is 1. The fourth-order valence-electron chi connectivity index (χ4n) is 1.39. The van der Waals surface area contributed by atoms with Gasteiger partial charge in [-0.3, -0.25) is 0 Å². The van der Waals surface area contributed by atoms with E-state index in [1.165, 1.54) is 5.56 Å².